The van der Waals surface area contributed by atoms with E-state index in [9.17, 15) is 5.26 Å². The number of pyridine rings is 1. The molecule has 4 nitrogen and oxygen atoms in total. The Morgan fingerprint density at radius 3 is 2.79 bits per heavy atom. The Morgan fingerprint density at radius 2 is 2.11 bits per heavy atom. The molecule has 1 aromatic rings. The van der Waals surface area contributed by atoms with Gasteiger partial charge >= 0.3 is 0 Å². The fourth-order valence-electron chi connectivity index (χ4n) is 2.91. The van der Waals surface area contributed by atoms with Crippen molar-refractivity contribution < 1.29 is 4.74 Å². The molecule has 3 heterocycles. The van der Waals surface area contributed by atoms with Crippen molar-refractivity contribution in [2.75, 3.05) is 18.0 Å². The summed E-state index contributed by atoms with van der Waals surface area (Å²) >= 11 is 0. The van der Waals surface area contributed by atoms with Crippen LogP contribution < -0.4 is 4.90 Å². The minimum atomic E-state index is -0.134. The van der Waals surface area contributed by atoms with Gasteiger partial charge in [-0.25, -0.2) is 4.98 Å². The van der Waals surface area contributed by atoms with Gasteiger partial charge in [0.25, 0.3) is 0 Å². The summed E-state index contributed by atoms with van der Waals surface area (Å²) in [6, 6.07) is 4.40. The van der Waals surface area contributed by atoms with Gasteiger partial charge in [-0.1, -0.05) is 0 Å². The number of rotatable bonds is 1. The standard InChI is InChI=1S/C15H19N3O/c1-15(2)8-11-7-14(18-5-3-4-6-18)12(9-16)17-13(11)10-19-15/h7H,3-6,8,10H2,1-2H3. The van der Waals surface area contributed by atoms with E-state index >= 15 is 0 Å². The van der Waals surface area contributed by atoms with Crippen LogP contribution in [0.5, 0.6) is 0 Å². The third-order valence-corrected chi connectivity index (χ3v) is 3.94. The van der Waals surface area contributed by atoms with Gasteiger partial charge in [-0.05, 0) is 38.3 Å². The lowest BCUT2D eigenvalue weighted by atomic mass is 9.93. The van der Waals surface area contributed by atoms with Crippen LogP contribution in [0.2, 0.25) is 0 Å². The monoisotopic (exact) mass is 257 g/mol. The summed E-state index contributed by atoms with van der Waals surface area (Å²) in [7, 11) is 0. The lowest BCUT2D eigenvalue weighted by Crippen LogP contribution is -2.33. The molecule has 0 atom stereocenters. The van der Waals surface area contributed by atoms with Crippen LogP contribution in [-0.4, -0.2) is 23.7 Å². The zero-order valence-corrected chi connectivity index (χ0v) is 11.6. The van der Waals surface area contributed by atoms with Gasteiger partial charge in [-0.2, -0.15) is 5.26 Å². The summed E-state index contributed by atoms with van der Waals surface area (Å²) in [6.07, 6.45) is 3.27. The van der Waals surface area contributed by atoms with E-state index in [1.807, 2.05) is 0 Å². The number of nitriles is 1. The zero-order chi connectivity index (χ0) is 13.5. The van der Waals surface area contributed by atoms with Crippen LogP contribution in [-0.2, 0) is 17.8 Å². The van der Waals surface area contributed by atoms with Gasteiger partial charge in [0.2, 0.25) is 0 Å². The molecule has 2 aliphatic heterocycles. The third-order valence-electron chi connectivity index (χ3n) is 3.94. The normalized spacial score (nSPS) is 21.0. The second-order valence-electron chi connectivity index (χ2n) is 5.99. The van der Waals surface area contributed by atoms with Gasteiger partial charge < -0.3 is 9.64 Å². The maximum atomic E-state index is 9.30. The highest BCUT2D eigenvalue weighted by atomic mass is 16.5. The molecule has 0 bridgehead atoms. The van der Waals surface area contributed by atoms with Crippen molar-refractivity contribution in [2.24, 2.45) is 0 Å². The molecule has 3 rings (SSSR count). The molecule has 100 valence electrons. The van der Waals surface area contributed by atoms with Crippen LogP contribution in [0.25, 0.3) is 0 Å². The summed E-state index contributed by atoms with van der Waals surface area (Å²) < 4.78 is 5.77. The Hall–Kier alpha value is -1.60. The summed E-state index contributed by atoms with van der Waals surface area (Å²) in [5.74, 6) is 0. The van der Waals surface area contributed by atoms with Crippen LogP contribution in [0, 0.1) is 11.3 Å². The third kappa shape index (κ3) is 2.31. The number of aromatic nitrogens is 1. The first-order valence-corrected chi connectivity index (χ1v) is 6.91. The van der Waals surface area contributed by atoms with E-state index in [1.165, 1.54) is 18.4 Å². The second-order valence-corrected chi connectivity index (χ2v) is 5.99. The van der Waals surface area contributed by atoms with Crippen LogP contribution in [0.4, 0.5) is 5.69 Å². The predicted molar refractivity (Wildman–Crippen MR) is 73.0 cm³/mol. The first kappa shape index (κ1) is 12.4. The first-order chi connectivity index (χ1) is 9.09. The SMILES string of the molecule is CC1(C)Cc2cc(N3CCCC3)c(C#N)nc2CO1. The number of anilines is 1. The Labute approximate surface area is 114 Å². The van der Waals surface area contributed by atoms with E-state index in [-0.39, 0.29) is 5.60 Å². The van der Waals surface area contributed by atoms with Gasteiger partial charge in [-0.15, -0.1) is 0 Å². The van der Waals surface area contributed by atoms with Gasteiger partial charge in [0.15, 0.2) is 5.69 Å². The molecule has 0 aliphatic carbocycles. The van der Waals surface area contributed by atoms with Gasteiger partial charge in [0.05, 0.1) is 23.6 Å². The number of ether oxygens (including phenoxy) is 1. The van der Waals surface area contributed by atoms with Crippen molar-refractivity contribution in [1.82, 2.24) is 4.98 Å². The molecule has 1 saturated heterocycles. The van der Waals surface area contributed by atoms with E-state index in [2.05, 4.69) is 35.9 Å². The van der Waals surface area contributed by atoms with E-state index in [0.717, 1.165) is 30.9 Å². The molecule has 0 aromatic carbocycles. The summed E-state index contributed by atoms with van der Waals surface area (Å²) in [4.78, 5) is 6.80. The largest absolute Gasteiger partial charge is 0.369 e. The molecule has 0 N–H and O–H groups in total. The highest BCUT2D eigenvalue weighted by molar-refractivity contribution is 5.59. The number of hydrogen-bond donors (Lipinski definition) is 0. The second kappa shape index (κ2) is 4.50. The maximum absolute atomic E-state index is 9.30. The highest BCUT2D eigenvalue weighted by Crippen LogP contribution is 2.32. The molecule has 2 aliphatic rings. The van der Waals surface area contributed by atoms with Crippen molar-refractivity contribution in [2.45, 2.75) is 45.3 Å². The average molecular weight is 257 g/mol. The Bertz CT molecular complexity index is 539. The lowest BCUT2D eigenvalue weighted by Gasteiger charge is -2.32. The number of hydrogen-bond acceptors (Lipinski definition) is 4. The molecule has 0 unspecified atom stereocenters. The minimum Gasteiger partial charge on any atom is -0.369 e. The molecule has 19 heavy (non-hydrogen) atoms. The van der Waals surface area contributed by atoms with Gasteiger partial charge in [-0.3, -0.25) is 0 Å². The van der Waals surface area contributed by atoms with Crippen molar-refractivity contribution >= 4 is 5.69 Å². The first-order valence-electron chi connectivity index (χ1n) is 6.91. The Kier molecular flexibility index (Phi) is 2.94. The van der Waals surface area contributed by atoms with Crippen LogP contribution in [0.1, 0.15) is 43.6 Å². The summed E-state index contributed by atoms with van der Waals surface area (Å²) in [5, 5.41) is 9.30. The molecule has 0 radical (unpaired) electrons. The molecule has 1 aromatic heterocycles. The summed E-state index contributed by atoms with van der Waals surface area (Å²) in [6.45, 7) is 6.79. The van der Waals surface area contributed by atoms with Crippen LogP contribution in [0.15, 0.2) is 6.07 Å². The molecule has 4 heteroatoms. The lowest BCUT2D eigenvalue weighted by molar-refractivity contribution is -0.0420. The number of fused-ring (bicyclic) bond motifs is 1. The van der Waals surface area contributed by atoms with Gasteiger partial charge in [0.1, 0.15) is 6.07 Å². The fourth-order valence-corrected chi connectivity index (χ4v) is 2.91. The van der Waals surface area contributed by atoms with Crippen LogP contribution in [0.3, 0.4) is 0 Å². The van der Waals surface area contributed by atoms with Crippen molar-refractivity contribution in [1.29, 1.82) is 5.26 Å². The number of nitrogens with zero attached hydrogens (tertiary/aromatic N) is 3. The van der Waals surface area contributed by atoms with Crippen molar-refractivity contribution in [3.63, 3.8) is 0 Å². The maximum Gasteiger partial charge on any atom is 0.164 e. The Balaban J connectivity index is 2.03. The Morgan fingerprint density at radius 1 is 1.37 bits per heavy atom. The van der Waals surface area contributed by atoms with E-state index in [4.69, 9.17) is 4.74 Å². The predicted octanol–water partition coefficient (Wildman–Crippen LogP) is 2.40. The molecule has 1 fully saturated rings. The van der Waals surface area contributed by atoms with E-state index < -0.39 is 0 Å². The molecular formula is C15H19N3O. The average Bonchev–Trinajstić information content (AvgIpc) is 2.90. The topological polar surface area (TPSA) is 49.2 Å². The minimum absolute atomic E-state index is 0.134. The smallest absolute Gasteiger partial charge is 0.164 e. The molecule has 0 amide bonds. The quantitative estimate of drug-likeness (QED) is 0.775. The molecular weight excluding hydrogens is 238 g/mol. The molecule has 0 spiro atoms. The van der Waals surface area contributed by atoms with E-state index in [0.29, 0.717) is 12.3 Å². The summed E-state index contributed by atoms with van der Waals surface area (Å²) in [5.41, 5.74) is 3.59. The zero-order valence-electron chi connectivity index (χ0n) is 11.6. The molecule has 0 saturated carbocycles. The fraction of sp³-hybridized carbons (Fsp3) is 0.600. The van der Waals surface area contributed by atoms with Crippen LogP contribution >= 0.6 is 0 Å². The van der Waals surface area contributed by atoms with E-state index in [1.54, 1.807) is 0 Å². The van der Waals surface area contributed by atoms with Gasteiger partial charge in [0, 0.05) is 19.5 Å². The van der Waals surface area contributed by atoms with Crippen molar-refractivity contribution in [3.05, 3.63) is 23.0 Å². The van der Waals surface area contributed by atoms with Crippen molar-refractivity contribution in [3.8, 4) is 6.07 Å². The highest BCUT2D eigenvalue weighted by Gasteiger charge is 2.29.